The number of rotatable bonds is 6. The standard InChI is InChI=1S/C21H26N2O3/c1-21(2,12-14-6-4-3-5-7-14)22-13-18(25)15-8-10-17(24)20-16(15)9-11-19(26)23-20/h3-8,10,18,22,24-25H,9,11-13H2,1-2H3,(H,23,26). The Kier molecular flexibility index (Phi) is 5.30. The Morgan fingerprint density at radius 1 is 1.15 bits per heavy atom. The molecule has 26 heavy (non-hydrogen) atoms. The second kappa shape index (κ2) is 7.48. The van der Waals surface area contributed by atoms with Crippen LogP contribution in [0, 0.1) is 0 Å². The van der Waals surface area contributed by atoms with E-state index in [0.29, 0.717) is 25.1 Å². The predicted molar refractivity (Wildman–Crippen MR) is 102 cm³/mol. The topological polar surface area (TPSA) is 81.6 Å². The molecule has 2 aromatic rings. The summed E-state index contributed by atoms with van der Waals surface area (Å²) in [4.78, 5) is 11.6. The fraction of sp³-hybridized carbons (Fsp3) is 0.381. The van der Waals surface area contributed by atoms with Crippen molar-refractivity contribution >= 4 is 11.6 Å². The largest absolute Gasteiger partial charge is 0.506 e. The summed E-state index contributed by atoms with van der Waals surface area (Å²) in [6.45, 7) is 4.61. The van der Waals surface area contributed by atoms with Crippen molar-refractivity contribution in [3.05, 3.63) is 59.2 Å². The van der Waals surface area contributed by atoms with Crippen LogP contribution in [-0.2, 0) is 17.6 Å². The lowest BCUT2D eigenvalue weighted by Crippen LogP contribution is -2.43. The number of amides is 1. The number of anilines is 1. The average Bonchev–Trinajstić information content (AvgIpc) is 2.61. The van der Waals surface area contributed by atoms with E-state index >= 15 is 0 Å². The van der Waals surface area contributed by atoms with Crippen molar-refractivity contribution in [1.82, 2.24) is 5.32 Å². The Bertz CT molecular complexity index is 787. The van der Waals surface area contributed by atoms with E-state index in [1.165, 1.54) is 11.6 Å². The Morgan fingerprint density at radius 3 is 2.62 bits per heavy atom. The van der Waals surface area contributed by atoms with Gasteiger partial charge in [-0.1, -0.05) is 36.4 Å². The van der Waals surface area contributed by atoms with E-state index in [0.717, 1.165) is 17.5 Å². The van der Waals surface area contributed by atoms with Gasteiger partial charge >= 0.3 is 0 Å². The van der Waals surface area contributed by atoms with Crippen molar-refractivity contribution in [1.29, 1.82) is 0 Å². The van der Waals surface area contributed by atoms with Crippen molar-refractivity contribution in [2.24, 2.45) is 0 Å². The number of fused-ring (bicyclic) bond motifs is 1. The maximum Gasteiger partial charge on any atom is 0.224 e. The molecule has 0 aromatic heterocycles. The van der Waals surface area contributed by atoms with Crippen molar-refractivity contribution < 1.29 is 15.0 Å². The summed E-state index contributed by atoms with van der Waals surface area (Å²) in [5.74, 6) is -0.0667. The molecular weight excluding hydrogens is 328 g/mol. The third kappa shape index (κ3) is 4.23. The zero-order valence-electron chi connectivity index (χ0n) is 15.2. The van der Waals surface area contributed by atoms with E-state index in [9.17, 15) is 15.0 Å². The number of aliphatic hydroxyl groups is 1. The SMILES string of the molecule is CC(C)(Cc1ccccc1)NCC(O)c1ccc(O)c2c1CCC(=O)N2. The average molecular weight is 354 g/mol. The molecule has 5 heteroatoms. The van der Waals surface area contributed by atoms with Gasteiger partial charge in [0.25, 0.3) is 0 Å². The van der Waals surface area contributed by atoms with Crippen LogP contribution >= 0.6 is 0 Å². The number of β-amino-alcohol motifs (C(OH)–C–C–N with tert-alkyl or cyclic N) is 1. The molecule has 3 rings (SSSR count). The summed E-state index contributed by atoms with van der Waals surface area (Å²) in [7, 11) is 0. The Morgan fingerprint density at radius 2 is 1.88 bits per heavy atom. The molecule has 2 aromatic carbocycles. The molecule has 0 fully saturated rings. The number of phenols is 1. The quantitative estimate of drug-likeness (QED) is 0.601. The number of carbonyl (C=O) groups excluding carboxylic acids is 1. The molecule has 0 spiro atoms. The molecule has 138 valence electrons. The van der Waals surface area contributed by atoms with E-state index in [4.69, 9.17) is 0 Å². The van der Waals surface area contributed by atoms with Crippen molar-refractivity contribution in [2.45, 2.75) is 44.8 Å². The van der Waals surface area contributed by atoms with Gasteiger partial charge < -0.3 is 20.8 Å². The smallest absolute Gasteiger partial charge is 0.224 e. The van der Waals surface area contributed by atoms with Gasteiger partial charge in [0.05, 0.1) is 11.8 Å². The van der Waals surface area contributed by atoms with Crippen molar-refractivity contribution in [2.75, 3.05) is 11.9 Å². The molecule has 1 atom stereocenters. The summed E-state index contributed by atoms with van der Waals surface area (Å²) >= 11 is 0. The minimum atomic E-state index is -0.714. The van der Waals surface area contributed by atoms with Gasteiger partial charge in [0.15, 0.2) is 0 Å². The zero-order valence-corrected chi connectivity index (χ0v) is 15.2. The van der Waals surface area contributed by atoms with Gasteiger partial charge in [0, 0.05) is 18.5 Å². The molecule has 5 nitrogen and oxygen atoms in total. The molecule has 1 aliphatic heterocycles. The van der Waals surface area contributed by atoms with Gasteiger partial charge in [-0.15, -0.1) is 0 Å². The van der Waals surface area contributed by atoms with Crippen LogP contribution in [0.5, 0.6) is 5.75 Å². The highest BCUT2D eigenvalue weighted by Crippen LogP contribution is 2.36. The van der Waals surface area contributed by atoms with Gasteiger partial charge in [-0.2, -0.15) is 0 Å². The van der Waals surface area contributed by atoms with Crippen LogP contribution in [0.25, 0.3) is 0 Å². The molecule has 0 bridgehead atoms. The van der Waals surface area contributed by atoms with E-state index in [1.807, 2.05) is 18.2 Å². The van der Waals surface area contributed by atoms with E-state index < -0.39 is 6.10 Å². The van der Waals surface area contributed by atoms with Crippen LogP contribution in [0.3, 0.4) is 0 Å². The summed E-state index contributed by atoms with van der Waals surface area (Å²) in [5, 5.41) is 26.8. The molecule has 0 radical (unpaired) electrons. The first-order valence-electron chi connectivity index (χ1n) is 8.97. The monoisotopic (exact) mass is 354 g/mol. The highest BCUT2D eigenvalue weighted by Gasteiger charge is 2.25. The second-order valence-electron chi connectivity index (χ2n) is 7.52. The summed E-state index contributed by atoms with van der Waals surface area (Å²) < 4.78 is 0. The van der Waals surface area contributed by atoms with Gasteiger partial charge in [-0.3, -0.25) is 4.79 Å². The normalized spacial score (nSPS) is 15.3. The number of carbonyl (C=O) groups is 1. The first-order valence-corrected chi connectivity index (χ1v) is 8.97. The van der Waals surface area contributed by atoms with Crippen LogP contribution < -0.4 is 10.6 Å². The fourth-order valence-electron chi connectivity index (χ4n) is 3.46. The van der Waals surface area contributed by atoms with Gasteiger partial charge in [-0.25, -0.2) is 0 Å². The zero-order chi connectivity index (χ0) is 18.7. The number of hydrogen-bond donors (Lipinski definition) is 4. The number of benzene rings is 2. The minimum absolute atomic E-state index is 0.0429. The maximum absolute atomic E-state index is 11.6. The van der Waals surface area contributed by atoms with E-state index in [1.54, 1.807) is 6.07 Å². The van der Waals surface area contributed by atoms with Gasteiger partial charge in [0.1, 0.15) is 5.75 Å². The molecule has 4 N–H and O–H groups in total. The Balaban J connectivity index is 1.69. The van der Waals surface area contributed by atoms with E-state index in [-0.39, 0.29) is 17.2 Å². The Labute approximate surface area is 154 Å². The first-order chi connectivity index (χ1) is 12.4. The minimum Gasteiger partial charge on any atom is -0.506 e. The third-order valence-electron chi connectivity index (χ3n) is 4.82. The fourth-order valence-corrected chi connectivity index (χ4v) is 3.46. The predicted octanol–water partition coefficient (Wildman–Crippen LogP) is 2.92. The highest BCUT2D eigenvalue weighted by atomic mass is 16.3. The number of aliphatic hydroxyl groups excluding tert-OH is 1. The third-order valence-corrected chi connectivity index (χ3v) is 4.82. The maximum atomic E-state index is 11.6. The molecule has 1 aliphatic rings. The summed E-state index contributed by atoms with van der Waals surface area (Å²) in [6.07, 6.45) is 1.03. The van der Waals surface area contributed by atoms with Crippen molar-refractivity contribution in [3.8, 4) is 5.75 Å². The van der Waals surface area contributed by atoms with Crippen LogP contribution in [0.4, 0.5) is 5.69 Å². The Hall–Kier alpha value is -2.37. The molecule has 0 saturated heterocycles. The summed E-state index contributed by atoms with van der Waals surface area (Å²) in [6, 6.07) is 13.5. The number of nitrogens with one attached hydrogen (secondary N) is 2. The number of aromatic hydroxyl groups is 1. The molecule has 0 saturated carbocycles. The lowest BCUT2D eigenvalue weighted by atomic mass is 9.92. The number of hydrogen-bond acceptors (Lipinski definition) is 4. The molecule has 1 unspecified atom stereocenters. The molecular formula is C21H26N2O3. The second-order valence-corrected chi connectivity index (χ2v) is 7.52. The molecule has 1 heterocycles. The number of phenolic OH excluding ortho intramolecular Hbond substituents is 1. The van der Waals surface area contributed by atoms with Gasteiger partial charge in [0.2, 0.25) is 5.91 Å². The van der Waals surface area contributed by atoms with Crippen LogP contribution in [0.1, 0.15) is 43.1 Å². The lowest BCUT2D eigenvalue weighted by molar-refractivity contribution is -0.116. The van der Waals surface area contributed by atoms with Crippen molar-refractivity contribution in [3.63, 3.8) is 0 Å². The van der Waals surface area contributed by atoms with Crippen LogP contribution in [0.15, 0.2) is 42.5 Å². The highest BCUT2D eigenvalue weighted by molar-refractivity contribution is 5.96. The van der Waals surface area contributed by atoms with Crippen LogP contribution in [-0.4, -0.2) is 28.2 Å². The molecule has 1 amide bonds. The van der Waals surface area contributed by atoms with Crippen LogP contribution in [0.2, 0.25) is 0 Å². The lowest BCUT2D eigenvalue weighted by Gasteiger charge is -2.29. The summed E-state index contributed by atoms with van der Waals surface area (Å²) in [5.41, 5.74) is 3.07. The van der Waals surface area contributed by atoms with E-state index in [2.05, 4.69) is 36.6 Å². The van der Waals surface area contributed by atoms with Gasteiger partial charge in [-0.05, 0) is 49.4 Å². The molecule has 0 aliphatic carbocycles. The first kappa shape index (κ1) is 18.4.